The van der Waals surface area contributed by atoms with Gasteiger partial charge in [0.25, 0.3) is 10.0 Å². The van der Waals surface area contributed by atoms with Crippen LogP contribution in [0.5, 0.6) is 0 Å². The van der Waals surface area contributed by atoms with Crippen molar-refractivity contribution in [1.82, 2.24) is 4.98 Å². The standard InChI is InChI=1S/C16H19N3O3S2/c1-11(20)19(2)12-7-9-13(10-8-12)24(21,22)18-16-17-14-5-3-4-6-15(14)23-16/h7-10H,3-6H2,1-2H3,(H,17,18). The van der Waals surface area contributed by atoms with Crippen LogP contribution in [0.15, 0.2) is 29.2 Å². The third-order valence-electron chi connectivity index (χ3n) is 4.07. The number of sulfonamides is 1. The highest BCUT2D eigenvalue weighted by Gasteiger charge is 2.20. The lowest BCUT2D eigenvalue weighted by atomic mass is 10.0. The molecule has 6 nitrogen and oxygen atoms in total. The highest BCUT2D eigenvalue weighted by atomic mass is 32.2. The molecule has 0 radical (unpaired) electrons. The minimum atomic E-state index is -3.68. The SMILES string of the molecule is CC(=O)N(C)c1ccc(S(=O)(=O)Nc2nc3c(s2)CCCC3)cc1. The van der Waals surface area contributed by atoms with Crippen LogP contribution in [-0.4, -0.2) is 26.4 Å². The minimum absolute atomic E-state index is 0.114. The fourth-order valence-corrected chi connectivity index (χ4v) is 4.88. The molecule has 24 heavy (non-hydrogen) atoms. The molecule has 0 saturated heterocycles. The number of fused-ring (bicyclic) bond motifs is 1. The quantitative estimate of drug-likeness (QED) is 0.903. The van der Waals surface area contributed by atoms with Gasteiger partial charge in [0, 0.05) is 24.5 Å². The van der Waals surface area contributed by atoms with Crippen LogP contribution in [0.1, 0.15) is 30.3 Å². The van der Waals surface area contributed by atoms with Gasteiger partial charge < -0.3 is 4.90 Å². The second kappa shape index (κ2) is 6.52. The van der Waals surface area contributed by atoms with E-state index >= 15 is 0 Å². The van der Waals surface area contributed by atoms with Crippen LogP contribution in [0.4, 0.5) is 10.8 Å². The number of aryl methyl sites for hydroxylation is 2. The van der Waals surface area contributed by atoms with Gasteiger partial charge in [-0.25, -0.2) is 13.4 Å². The largest absolute Gasteiger partial charge is 0.316 e. The van der Waals surface area contributed by atoms with Crippen LogP contribution < -0.4 is 9.62 Å². The van der Waals surface area contributed by atoms with Crippen LogP contribution in [0, 0.1) is 0 Å². The lowest BCUT2D eigenvalue weighted by Gasteiger charge is -2.15. The zero-order chi connectivity index (χ0) is 17.3. The number of carbonyl (C=O) groups is 1. The van der Waals surface area contributed by atoms with E-state index in [1.807, 2.05) is 0 Å². The highest BCUT2D eigenvalue weighted by molar-refractivity contribution is 7.93. The molecule has 0 spiro atoms. The Hall–Kier alpha value is -1.93. The first-order valence-corrected chi connectivity index (χ1v) is 10.0. The molecular weight excluding hydrogens is 346 g/mol. The molecule has 2 aromatic rings. The van der Waals surface area contributed by atoms with Gasteiger partial charge >= 0.3 is 0 Å². The summed E-state index contributed by atoms with van der Waals surface area (Å²) in [5.41, 5.74) is 1.66. The number of anilines is 2. The fourth-order valence-electron chi connectivity index (χ4n) is 2.60. The molecule has 0 aliphatic heterocycles. The number of rotatable bonds is 4. The van der Waals surface area contributed by atoms with Gasteiger partial charge in [-0.1, -0.05) is 0 Å². The number of hydrogen-bond acceptors (Lipinski definition) is 5. The Bertz CT molecular complexity index is 834. The van der Waals surface area contributed by atoms with E-state index in [1.54, 1.807) is 19.2 Å². The summed E-state index contributed by atoms with van der Waals surface area (Å²) in [6.45, 7) is 1.45. The minimum Gasteiger partial charge on any atom is -0.316 e. The van der Waals surface area contributed by atoms with Gasteiger partial charge in [0.1, 0.15) is 0 Å². The van der Waals surface area contributed by atoms with E-state index in [-0.39, 0.29) is 10.8 Å². The summed E-state index contributed by atoms with van der Waals surface area (Å²) in [4.78, 5) is 18.5. The summed E-state index contributed by atoms with van der Waals surface area (Å²) in [6.07, 6.45) is 4.13. The molecule has 0 fully saturated rings. The maximum Gasteiger partial charge on any atom is 0.263 e. The first-order chi connectivity index (χ1) is 11.4. The zero-order valence-electron chi connectivity index (χ0n) is 13.6. The van der Waals surface area contributed by atoms with Crippen molar-refractivity contribution in [2.45, 2.75) is 37.5 Å². The lowest BCUT2D eigenvalue weighted by Crippen LogP contribution is -2.22. The Morgan fingerprint density at radius 1 is 1.21 bits per heavy atom. The van der Waals surface area contributed by atoms with Gasteiger partial charge in [0.15, 0.2) is 5.13 Å². The summed E-state index contributed by atoms with van der Waals surface area (Å²) < 4.78 is 27.6. The van der Waals surface area contributed by atoms with E-state index in [4.69, 9.17) is 0 Å². The molecule has 3 rings (SSSR count). The van der Waals surface area contributed by atoms with Crippen molar-refractivity contribution in [2.75, 3.05) is 16.7 Å². The van der Waals surface area contributed by atoms with E-state index in [0.717, 1.165) is 31.4 Å². The summed E-state index contributed by atoms with van der Waals surface area (Å²) >= 11 is 1.41. The summed E-state index contributed by atoms with van der Waals surface area (Å²) in [5, 5.41) is 0.423. The Balaban J connectivity index is 1.80. The van der Waals surface area contributed by atoms with Crippen molar-refractivity contribution in [2.24, 2.45) is 0 Å². The smallest absolute Gasteiger partial charge is 0.263 e. The van der Waals surface area contributed by atoms with Crippen molar-refractivity contribution in [3.8, 4) is 0 Å². The Labute approximate surface area is 145 Å². The number of nitrogens with one attached hydrogen (secondary N) is 1. The van der Waals surface area contributed by atoms with Gasteiger partial charge in [0.05, 0.1) is 10.6 Å². The van der Waals surface area contributed by atoms with Crippen molar-refractivity contribution in [1.29, 1.82) is 0 Å². The van der Waals surface area contributed by atoms with E-state index < -0.39 is 10.0 Å². The monoisotopic (exact) mass is 365 g/mol. The second-order valence-corrected chi connectivity index (χ2v) is 8.54. The normalized spacial score (nSPS) is 14.1. The predicted octanol–water partition coefficient (Wildman–Crippen LogP) is 2.81. The average molecular weight is 365 g/mol. The maximum absolute atomic E-state index is 12.5. The van der Waals surface area contributed by atoms with Gasteiger partial charge in [-0.15, -0.1) is 11.3 Å². The summed E-state index contributed by atoms with van der Waals surface area (Å²) in [7, 11) is -2.04. The van der Waals surface area contributed by atoms with Crippen LogP contribution in [-0.2, 0) is 27.7 Å². The molecule has 8 heteroatoms. The first kappa shape index (κ1) is 16.9. The summed E-state index contributed by atoms with van der Waals surface area (Å²) in [5.74, 6) is -0.114. The van der Waals surface area contributed by atoms with Gasteiger partial charge in [-0.05, 0) is 49.9 Å². The van der Waals surface area contributed by atoms with Gasteiger partial charge in [0.2, 0.25) is 5.91 Å². The number of aromatic nitrogens is 1. The van der Waals surface area contributed by atoms with Crippen LogP contribution in [0.2, 0.25) is 0 Å². The Morgan fingerprint density at radius 3 is 2.50 bits per heavy atom. The van der Waals surface area contributed by atoms with E-state index in [2.05, 4.69) is 9.71 Å². The van der Waals surface area contributed by atoms with E-state index in [1.165, 1.54) is 40.2 Å². The average Bonchev–Trinajstić information content (AvgIpc) is 2.95. The van der Waals surface area contributed by atoms with E-state index in [9.17, 15) is 13.2 Å². The number of hydrogen-bond donors (Lipinski definition) is 1. The molecule has 0 atom stereocenters. The van der Waals surface area contributed by atoms with Crippen molar-refractivity contribution >= 4 is 38.1 Å². The second-order valence-electron chi connectivity index (χ2n) is 5.77. The number of benzene rings is 1. The Morgan fingerprint density at radius 2 is 1.88 bits per heavy atom. The third-order valence-corrected chi connectivity index (χ3v) is 6.63. The molecule has 1 aromatic heterocycles. The number of thiazole rings is 1. The predicted molar refractivity (Wildman–Crippen MR) is 95.1 cm³/mol. The topological polar surface area (TPSA) is 79.4 Å². The number of carbonyl (C=O) groups excluding carboxylic acids is 1. The molecule has 1 aliphatic carbocycles. The van der Waals surface area contributed by atoms with Gasteiger partial charge in [-0.2, -0.15) is 0 Å². The van der Waals surface area contributed by atoms with Gasteiger partial charge in [-0.3, -0.25) is 9.52 Å². The number of amides is 1. The van der Waals surface area contributed by atoms with Crippen LogP contribution in [0.3, 0.4) is 0 Å². The lowest BCUT2D eigenvalue weighted by molar-refractivity contribution is -0.116. The number of nitrogens with zero attached hydrogens (tertiary/aromatic N) is 2. The van der Waals surface area contributed by atoms with Crippen molar-refractivity contribution < 1.29 is 13.2 Å². The molecule has 0 saturated carbocycles. The van der Waals surface area contributed by atoms with Crippen molar-refractivity contribution in [3.05, 3.63) is 34.8 Å². The first-order valence-electron chi connectivity index (χ1n) is 7.72. The molecule has 1 aliphatic rings. The molecular formula is C16H19N3O3S2. The van der Waals surface area contributed by atoms with Crippen LogP contribution >= 0.6 is 11.3 Å². The maximum atomic E-state index is 12.5. The molecule has 1 N–H and O–H groups in total. The highest BCUT2D eigenvalue weighted by Crippen LogP contribution is 2.31. The molecule has 1 amide bonds. The van der Waals surface area contributed by atoms with Crippen LogP contribution in [0.25, 0.3) is 0 Å². The third kappa shape index (κ3) is 3.44. The molecule has 0 bridgehead atoms. The van der Waals surface area contributed by atoms with Crippen molar-refractivity contribution in [3.63, 3.8) is 0 Å². The molecule has 1 aromatic carbocycles. The Kier molecular flexibility index (Phi) is 4.60. The summed E-state index contributed by atoms with van der Waals surface area (Å²) in [6, 6.07) is 6.21. The van der Waals surface area contributed by atoms with E-state index in [0.29, 0.717) is 10.8 Å². The fraction of sp³-hybridized carbons (Fsp3) is 0.375. The molecule has 1 heterocycles. The molecule has 0 unspecified atom stereocenters. The molecule has 128 valence electrons. The zero-order valence-corrected chi connectivity index (χ0v) is 15.2.